The quantitative estimate of drug-likeness (QED) is 0.843. The number of nitrogens with zero attached hydrogens (tertiary/aromatic N) is 1. The van der Waals surface area contributed by atoms with E-state index < -0.39 is 12.0 Å². The normalized spacial score (nSPS) is 16.9. The number of aliphatic carboxylic acids is 1. The van der Waals surface area contributed by atoms with E-state index in [9.17, 15) is 14.7 Å². The van der Waals surface area contributed by atoms with E-state index in [4.69, 9.17) is 0 Å². The lowest BCUT2D eigenvalue weighted by Crippen LogP contribution is -2.50. The fraction of sp³-hybridized carbons (Fsp3) is 0.500. The maximum Gasteiger partial charge on any atom is 0.326 e. The van der Waals surface area contributed by atoms with E-state index in [0.717, 1.165) is 18.4 Å². The minimum absolute atomic E-state index is 0.149. The first-order valence-electron chi connectivity index (χ1n) is 7.29. The van der Waals surface area contributed by atoms with Gasteiger partial charge >= 0.3 is 12.0 Å². The fourth-order valence-electron chi connectivity index (χ4n) is 2.38. The van der Waals surface area contributed by atoms with Gasteiger partial charge in [-0.05, 0) is 31.2 Å². The van der Waals surface area contributed by atoms with Crippen LogP contribution in [0.25, 0.3) is 0 Å². The second-order valence-corrected chi connectivity index (χ2v) is 5.72. The summed E-state index contributed by atoms with van der Waals surface area (Å²) in [5.74, 6) is -0.460. The largest absolute Gasteiger partial charge is 0.480 e. The predicted octanol–water partition coefficient (Wildman–Crippen LogP) is 2.12. The summed E-state index contributed by atoms with van der Waals surface area (Å²) < 4.78 is 0. The van der Waals surface area contributed by atoms with Gasteiger partial charge in [0.05, 0.1) is 0 Å². The van der Waals surface area contributed by atoms with Crippen LogP contribution in [0.5, 0.6) is 0 Å². The maximum absolute atomic E-state index is 12.2. The summed E-state index contributed by atoms with van der Waals surface area (Å²) in [7, 11) is 1.72. The zero-order chi connectivity index (χ0) is 15.4. The Hall–Kier alpha value is -2.04. The molecule has 1 aliphatic carbocycles. The van der Waals surface area contributed by atoms with E-state index in [0.29, 0.717) is 5.92 Å². The Bertz CT molecular complexity index is 500. The summed E-state index contributed by atoms with van der Waals surface area (Å²) >= 11 is 0. The number of carboxylic acids is 1. The Morgan fingerprint density at radius 2 is 1.95 bits per heavy atom. The molecule has 2 amide bonds. The molecule has 1 saturated carbocycles. The summed E-state index contributed by atoms with van der Waals surface area (Å²) in [6.45, 7) is 2.00. The minimum atomic E-state index is -1.01. The molecule has 5 nitrogen and oxygen atoms in total. The number of carbonyl (C=O) groups excluding carboxylic acids is 1. The van der Waals surface area contributed by atoms with Crippen LogP contribution in [0.1, 0.15) is 25.3 Å². The van der Waals surface area contributed by atoms with Gasteiger partial charge in [-0.15, -0.1) is 0 Å². The van der Waals surface area contributed by atoms with Gasteiger partial charge in [0, 0.05) is 19.5 Å². The average molecular weight is 290 g/mol. The van der Waals surface area contributed by atoms with Crippen LogP contribution in [0, 0.1) is 5.92 Å². The highest BCUT2D eigenvalue weighted by molar-refractivity contribution is 5.82. The van der Waals surface area contributed by atoms with E-state index in [2.05, 4.69) is 5.32 Å². The van der Waals surface area contributed by atoms with Gasteiger partial charge in [0.15, 0.2) is 0 Å². The molecular weight excluding hydrogens is 268 g/mol. The molecule has 0 aliphatic heterocycles. The number of carboxylic acid groups (broad SMARTS) is 1. The Kier molecular flexibility index (Phi) is 4.83. The third-order valence-electron chi connectivity index (χ3n) is 4.11. The van der Waals surface area contributed by atoms with Crippen molar-refractivity contribution in [3.8, 4) is 0 Å². The molecule has 21 heavy (non-hydrogen) atoms. The van der Waals surface area contributed by atoms with Gasteiger partial charge in [0.25, 0.3) is 0 Å². The van der Waals surface area contributed by atoms with Crippen LogP contribution < -0.4 is 5.32 Å². The van der Waals surface area contributed by atoms with Gasteiger partial charge < -0.3 is 15.3 Å². The molecule has 2 atom stereocenters. The highest BCUT2D eigenvalue weighted by Gasteiger charge is 2.33. The van der Waals surface area contributed by atoms with Crippen molar-refractivity contribution in [3.05, 3.63) is 35.9 Å². The first-order chi connectivity index (χ1) is 9.99. The molecular formula is C16H22N2O3. The molecule has 0 aromatic heterocycles. The molecule has 0 radical (unpaired) electrons. The van der Waals surface area contributed by atoms with E-state index in [-0.39, 0.29) is 18.5 Å². The van der Waals surface area contributed by atoms with E-state index in [1.54, 1.807) is 11.9 Å². The number of amides is 2. The monoisotopic (exact) mass is 290 g/mol. The van der Waals surface area contributed by atoms with Crippen molar-refractivity contribution < 1.29 is 14.7 Å². The summed E-state index contributed by atoms with van der Waals surface area (Å²) in [5.41, 5.74) is 0.892. The molecule has 2 N–H and O–H groups in total. The van der Waals surface area contributed by atoms with Crippen molar-refractivity contribution in [1.29, 1.82) is 0 Å². The third-order valence-corrected chi connectivity index (χ3v) is 4.11. The van der Waals surface area contributed by atoms with Crippen LogP contribution in [0.3, 0.4) is 0 Å². The molecule has 0 heterocycles. The molecule has 1 aliphatic rings. The lowest BCUT2D eigenvalue weighted by atomic mass is 10.1. The summed E-state index contributed by atoms with van der Waals surface area (Å²) in [6.07, 6.45) is 2.57. The van der Waals surface area contributed by atoms with Crippen LogP contribution in [-0.2, 0) is 11.2 Å². The Labute approximate surface area is 125 Å². The van der Waals surface area contributed by atoms with E-state index in [1.807, 2.05) is 37.3 Å². The number of carbonyl (C=O) groups is 2. The summed E-state index contributed by atoms with van der Waals surface area (Å²) in [4.78, 5) is 25.1. The molecule has 1 unspecified atom stereocenters. The topological polar surface area (TPSA) is 69.6 Å². The van der Waals surface area contributed by atoms with Gasteiger partial charge in [0.1, 0.15) is 6.04 Å². The van der Waals surface area contributed by atoms with Gasteiger partial charge in [0.2, 0.25) is 0 Å². The van der Waals surface area contributed by atoms with E-state index in [1.165, 1.54) is 0 Å². The lowest BCUT2D eigenvalue weighted by molar-refractivity contribution is -0.139. The second-order valence-electron chi connectivity index (χ2n) is 5.72. The van der Waals surface area contributed by atoms with Crippen molar-refractivity contribution >= 4 is 12.0 Å². The fourth-order valence-corrected chi connectivity index (χ4v) is 2.38. The maximum atomic E-state index is 12.2. The average Bonchev–Trinajstić information content (AvgIpc) is 3.30. The molecule has 114 valence electrons. The predicted molar refractivity (Wildman–Crippen MR) is 80.1 cm³/mol. The number of urea groups is 1. The molecule has 0 saturated heterocycles. The van der Waals surface area contributed by atoms with Gasteiger partial charge in [-0.25, -0.2) is 9.59 Å². The summed E-state index contributed by atoms with van der Waals surface area (Å²) in [6, 6.07) is 8.23. The first kappa shape index (κ1) is 15.4. The molecule has 1 aromatic carbocycles. The molecule has 0 bridgehead atoms. The van der Waals surface area contributed by atoms with Gasteiger partial charge in [-0.1, -0.05) is 30.3 Å². The van der Waals surface area contributed by atoms with Crippen LogP contribution in [-0.4, -0.2) is 41.1 Å². The zero-order valence-electron chi connectivity index (χ0n) is 12.5. The van der Waals surface area contributed by atoms with Crippen LogP contribution in [0.15, 0.2) is 30.3 Å². The highest BCUT2D eigenvalue weighted by atomic mass is 16.4. The van der Waals surface area contributed by atoms with Crippen LogP contribution in [0.2, 0.25) is 0 Å². The molecule has 0 spiro atoms. The third kappa shape index (κ3) is 4.21. The van der Waals surface area contributed by atoms with Gasteiger partial charge in [-0.3, -0.25) is 0 Å². The standard InChI is InChI=1S/C16H22N2O3/c1-11(13-8-9-13)18(2)16(21)17-14(15(19)20)10-12-6-4-3-5-7-12/h3-7,11,13-14H,8-10H2,1-2H3,(H,17,21)(H,19,20)/t11?,14-/m1/s1. The Morgan fingerprint density at radius 1 is 1.33 bits per heavy atom. The summed E-state index contributed by atoms with van der Waals surface area (Å²) in [5, 5.41) is 11.9. The van der Waals surface area contributed by atoms with Crippen LogP contribution in [0.4, 0.5) is 4.79 Å². The zero-order valence-corrected chi connectivity index (χ0v) is 12.5. The van der Waals surface area contributed by atoms with Crippen molar-refractivity contribution in [3.63, 3.8) is 0 Å². The number of nitrogens with one attached hydrogen (secondary N) is 1. The van der Waals surface area contributed by atoms with Gasteiger partial charge in [-0.2, -0.15) is 0 Å². The number of rotatable bonds is 6. The second kappa shape index (κ2) is 6.61. The number of benzene rings is 1. The van der Waals surface area contributed by atoms with Crippen molar-refractivity contribution in [2.24, 2.45) is 5.92 Å². The Balaban J connectivity index is 1.95. The van der Waals surface area contributed by atoms with Crippen molar-refractivity contribution in [1.82, 2.24) is 10.2 Å². The minimum Gasteiger partial charge on any atom is -0.480 e. The SMILES string of the molecule is CC(C1CC1)N(C)C(=O)N[C@H](Cc1ccccc1)C(=O)O. The smallest absolute Gasteiger partial charge is 0.326 e. The first-order valence-corrected chi connectivity index (χ1v) is 7.29. The van der Waals surface area contributed by atoms with Crippen LogP contribution >= 0.6 is 0 Å². The lowest BCUT2D eigenvalue weighted by Gasteiger charge is -2.27. The van der Waals surface area contributed by atoms with Crippen molar-refractivity contribution in [2.45, 2.75) is 38.3 Å². The molecule has 5 heteroatoms. The number of hydrogen-bond acceptors (Lipinski definition) is 2. The van der Waals surface area contributed by atoms with E-state index >= 15 is 0 Å². The molecule has 1 fully saturated rings. The van der Waals surface area contributed by atoms with Crippen molar-refractivity contribution in [2.75, 3.05) is 7.05 Å². The molecule has 1 aromatic rings. The Morgan fingerprint density at radius 3 is 2.48 bits per heavy atom. The molecule has 2 rings (SSSR count). The number of hydrogen-bond donors (Lipinski definition) is 2. The highest BCUT2D eigenvalue weighted by Crippen LogP contribution is 2.34.